The van der Waals surface area contributed by atoms with Crippen LogP contribution in [0.5, 0.6) is 0 Å². The first-order chi connectivity index (χ1) is 7.25. The van der Waals surface area contributed by atoms with E-state index in [1.807, 2.05) is 0 Å². The maximum Gasteiger partial charge on any atom is 0.163 e. The number of hydrogen-bond donors (Lipinski definition) is 2. The zero-order valence-electron chi connectivity index (χ0n) is 8.41. The van der Waals surface area contributed by atoms with Crippen molar-refractivity contribution < 1.29 is 24.4 Å². The molecule has 0 aromatic heterocycles. The van der Waals surface area contributed by atoms with Gasteiger partial charge in [-0.05, 0) is 0 Å². The molecule has 3 rings (SSSR count). The SMILES string of the molecule is OC1CC2C(CC(O)C2C2OCCO2)O1. The molecule has 0 bridgehead atoms. The predicted octanol–water partition coefficient (Wildman–Crippen LogP) is -0.536. The van der Waals surface area contributed by atoms with E-state index >= 15 is 0 Å². The summed E-state index contributed by atoms with van der Waals surface area (Å²) in [6.07, 6.45) is -0.311. The summed E-state index contributed by atoms with van der Waals surface area (Å²) >= 11 is 0. The minimum atomic E-state index is -0.684. The number of ether oxygens (including phenoxy) is 3. The molecule has 2 heterocycles. The molecule has 5 heteroatoms. The number of rotatable bonds is 1. The van der Waals surface area contributed by atoms with Gasteiger partial charge in [0.05, 0.1) is 25.4 Å². The van der Waals surface area contributed by atoms with Crippen molar-refractivity contribution in [2.75, 3.05) is 13.2 Å². The first-order valence-electron chi connectivity index (χ1n) is 5.50. The fraction of sp³-hybridized carbons (Fsp3) is 1.00. The molecule has 2 saturated heterocycles. The third-order valence-corrected chi connectivity index (χ3v) is 3.66. The summed E-state index contributed by atoms with van der Waals surface area (Å²) in [6, 6.07) is 0. The highest BCUT2D eigenvalue weighted by Crippen LogP contribution is 2.45. The van der Waals surface area contributed by atoms with E-state index in [9.17, 15) is 10.2 Å². The van der Waals surface area contributed by atoms with Crippen LogP contribution in [0, 0.1) is 11.8 Å². The molecule has 1 aliphatic carbocycles. The highest BCUT2D eigenvalue weighted by molar-refractivity contribution is 4.97. The van der Waals surface area contributed by atoms with Crippen LogP contribution in [0.1, 0.15) is 12.8 Å². The molecule has 3 aliphatic rings. The number of aliphatic hydroxyl groups is 2. The molecule has 0 radical (unpaired) electrons. The molecular formula is C10H16O5. The highest BCUT2D eigenvalue weighted by Gasteiger charge is 2.53. The van der Waals surface area contributed by atoms with E-state index in [4.69, 9.17) is 14.2 Å². The zero-order chi connectivity index (χ0) is 10.4. The van der Waals surface area contributed by atoms with Crippen molar-refractivity contribution in [2.24, 2.45) is 11.8 Å². The Kier molecular flexibility index (Phi) is 2.45. The van der Waals surface area contributed by atoms with Gasteiger partial charge in [-0.2, -0.15) is 0 Å². The average molecular weight is 216 g/mol. The fourth-order valence-corrected chi connectivity index (χ4v) is 3.04. The number of fused-ring (bicyclic) bond motifs is 1. The van der Waals surface area contributed by atoms with E-state index in [0.717, 1.165) is 0 Å². The van der Waals surface area contributed by atoms with Gasteiger partial charge in [0.1, 0.15) is 0 Å². The summed E-state index contributed by atoms with van der Waals surface area (Å²) in [5.41, 5.74) is 0. The second-order valence-electron chi connectivity index (χ2n) is 4.52. The maximum absolute atomic E-state index is 9.92. The van der Waals surface area contributed by atoms with E-state index in [2.05, 4.69) is 0 Å². The van der Waals surface area contributed by atoms with E-state index in [1.165, 1.54) is 0 Å². The summed E-state index contributed by atoms with van der Waals surface area (Å²) in [5.74, 6) is 0.118. The Morgan fingerprint density at radius 1 is 1.00 bits per heavy atom. The molecule has 1 saturated carbocycles. The maximum atomic E-state index is 9.92. The van der Waals surface area contributed by atoms with Crippen LogP contribution in [-0.4, -0.2) is 48.2 Å². The molecule has 2 aliphatic heterocycles. The second kappa shape index (κ2) is 3.68. The van der Waals surface area contributed by atoms with E-state index in [1.54, 1.807) is 0 Å². The lowest BCUT2D eigenvalue weighted by Crippen LogP contribution is -2.33. The van der Waals surface area contributed by atoms with Crippen LogP contribution in [0.15, 0.2) is 0 Å². The highest BCUT2D eigenvalue weighted by atomic mass is 16.7. The molecule has 0 amide bonds. The quantitative estimate of drug-likeness (QED) is 0.616. The molecule has 5 nitrogen and oxygen atoms in total. The molecule has 5 unspecified atom stereocenters. The lowest BCUT2D eigenvalue weighted by Gasteiger charge is -2.24. The third kappa shape index (κ3) is 1.59. The molecule has 3 fully saturated rings. The van der Waals surface area contributed by atoms with Crippen molar-refractivity contribution >= 4 is 0 Å². The zero-order valence-corrected chi connectivity index (χ0v) is 8.41. The van der Waals surface area contributed by atoms with Crippen LogP contribution in [0.4, 0.5) is 0 Å². The van der Waals surface area contributed by atoms with Gasteiger partial charge in [0.15, 0.2) is 12.6 Å². The van der Waals surface area contributed by atoms with Crippen LogP contribution < -0.4 is 0 Å². The van der Waals surface area contributed by atoms with E-state index in [0.29, 0.717) is 26.1 Å². The smallest absolute Gasteiger partial charge is 0.163 e. The Labute approximate surface area is 87.9 Å². The summed E-state index contributed by atoms with van der Waals surface area (Å²) in [5, 5.41) is 19.3. The molecule has 15 heavy (non-hydrogen) atoms. The first-order valence-corrected chi connectivity index (χ1v) is 5.50. The van der Waals surface area contributed by atoms with Crippen molar-refractivity contribution in [3.63, 3.8) is 0 Å². The molecule has 0 aromatic rings. The van der Waals surface area contributed by atoms with Crippen molar-refractivity contribution in [1.29, 1.82) is 0 Å². The number of aliphatic hydroxyl groups excluding tert-OH is 2. The van der Waals surface area contributed by atoms with E-state index in [-0.39, 0.29) is 24.2 Å². The normalized spacial score (nSPS) is 51.2. The van der Waals surface area contributed by atoms with Gasteiger partial charge in [-0.25, -0.2) is 0 Å². The van der Waals surface area contributed by atoms with Crippen LogP contribution >= 0.6 is 0 Å². The predicted molar refractivity (Wildman–Crippen MR) is 48.8 cm³/mol. The van der Waals surface area contributed by atoms with Crippen LogP contribution in [0.2, 0.25) is 0 Å². The van der Waals surface area contributed by atoms with Crippen molar-refractivity contribution in [2.45, 2.75) is 37.6 Å². The van der Waals surface area contributed by atoms with Crippen molar-refractivity contribution in [1.82, 2.24) is 0 Å². The standard InChI is InChI=1S/C10H16O5/c11-6-4-7-5(3-8(12)15-7)9(6)10-13-1-2-14-10/h5-12H,1-4H2. The largest absolute Gasteiger partial charge is 0.393 e. The summed E-state index contributed by atoms with van der Waals surface area (Å²) < 4.78 is 16.2. The van der Waals surface area contributed by atoms with Gasteiger partial charge in [-0.3, -0.25) is 0 Å². The molecular weight excluding hydrogens is 200 g/mol. The summed E-state index contributed by atoms with van der Waals surface area (Å²) in [7, 11) is 0. The lowest BCUT2D eigenvalue weighted by atomic mass is 9.91. The summed E-state index contributed by atoms with van der Waals surface area (Å²) in [4.78, 5) is 0. The van der Waals surface area contributed by atoms with Gasteiger partial charge >= 0.3 is 0 Å². The Morgan fingerprint density at radius 2 is 1.73 bits per heavy atom. The van der Waals surface area contributed by atoms with E-state index < -0.39 is 12.4 Å². The van der Waals surface area contributed by atoms with Gasteiger partial charge in [0, 0.05) is 24.7 Å². The second-order valence-corrected chi connectivity index (χ2v) is 4.52. The van der Waals surface area contributed by atoms with Gasteiger partial charge < -0.3 is 24.4 Å². The Balaban J connectivity index is 1.75. The Morgan fingerprint density at radius 3 is 2.47 bits per heavy atom. The van der Waals surface area contributed by atoms with Gasteiger partial charge in [0.25, 0.3) is 0 Å². The molecule has 2 N–H and O–H groups in total. The van der Waals surface area contributed by atoms with Crippen LogP contribution in [-0.2, 0) is 14.2 Å². The van der Waals surface area contributed by atoms with Gasteiger partial charge in [0.2, 0.25) is 0 Å². The minimum Gasteiger partial charge on any atom is -0.393 e. The third-order valence-electron chi connectivity index (χ3n) is 3.66. The molecule has 5 atom stereocenters. The summed E-state index contributed by atoms with van der Waals surface area (Å²) in [6.45, 7) is 1.18. The van der Waals surface area contributed by atoms with Crippen molar-refractivity contribution in [3.8, 4) is 0 Å². The Hall–Kier alpha value is -0.200. The average Bonchev–Trinajstić information content (AvgIpc) is 2.80. The number of hydrogen-bond acceptors (Lipinski definition) is 5. The van der Waals surface area contributed by atoms with Crippen LogP contribution in [0.25, 0.3) is 0 Å². The first kappa shape index (κ1) is 9.99. The lowest BCUT2D eigenvalue weighted by molar-refractivity contribution is -0.122. The van der Waals surface area contributed by atoms with Gasteiger partial charge in [-0.1, -0.05) is 0 Å². The Bertz CT molecular complexity index is 240. The van der Waals surface area contributed by atoms with Gasteiger partial charge in [-0.15, -0.1) is 0 Å². The monoisotopic (exact) mass is 216 g/mol. The van der Waals surface area contributed by atoms with Crippen molar-refractivity contribution in [3.05, 3.63) is 0 Å². The molecule has 0 aromatic carbocycles. The minimum absolute atomic E-state index is 0.0344. The molecule has 86 valence electrons. The van der Waals surface area contributed by atoms with Crippen LogP contribution in [0.3, 0.4) is 0 Å². The fourth-order valence-electron chi connectivity index (χ4n) is 3.04. The molecule has 0 spiro atoms. The topological polar surface area (TPSA) is 68.2 Å².